The Labute approximate surface area is 155 Å². The van der Waals surface area contributed by atoms with Gasteiger partial charge in [0.05, 0.1) is 10.2 Å². The fourth-order valence-electron chi connectivity index (χ4n) is 2.81. The van der Waals surface area contributed by atoms with Gasteiger partial charge in [-0.1, -0.05) is 46.7 Å². The summed E-state index contributed by atoms with van der Waals surface area (Å²) in [7, 11) is 0. The Balaban J connectivity index is 2.24. The van der Waals surface area contributed by atoms with Crippen molar-refractivity contribution in [1.82, 2.24) is 4.57 Å². The summed E-state index contributed by atoms with van der Waals surface area (Å²) >= 11 is 7.77. The van der Waals surface area contributed by atoms with Gasteiger partial charge in [-0.05, 0) is 50.1 Å². The van der Waals surface area contributed by atoms with Gasteiger partial charge in [0, 0.05) is 17.1 Å². The predicted molar refractivity (Wildman–Crippen MR) is 106 cm³/mol. The van der Waals surface area contributed by atoms with Crippen molar-refractivity contribution in [3.8, 4) is 0 Å². The molecule has 0 radical (unpaired) electrons. The number of aryl methyl sites for hydroxylation is 3. The van der Waals surface area contributed by atoms with Gasteiger partial charge in [0.15, 0.2) is 4.80 Å². The monoisotopic (exact) mass is 370 g/mol. The van der Waals surface area contributed by atoms with Crippen LogP contribution < -0.4 is 4.80 Å². The van der Waals surface area contributed by atoms with Gasteiger partial charge in [0.1, 0.15) is 0 Å². The number of allylic oxidation sites excluding steroid dienone is 1. The number of hydrogen-bond acceptors (Lipinski definition) is 2. The van der Waals surface area contributed by atoms with E-state index in [0.29, 0.717) is 21.9 Å². The number of carbonyl (C=O) groups is 1. The summed E-state index contributed by atoms with van der Waals surface area (Å²) in [4.78, 5) is 17.8. The third-order valence-electron chi connectivity index (χ3n) is 4.16. The van der Waals surface area contributed by atoms with E-state index in [4.69, 9.17) is 11.6 Å². The Morgan fingerprint density at radius 3 is 2.76 bits per heavy atom. The fourth-order valence-corrected chi connectivity index (χ4v) is 4.06. The average molecular weight is 371 g/mol. The van der Waals surface area contributed by atoms with E-state index in [9.17, 15) is 4.79 Å². The maximum atomic E-state index is 12.7. The van der Waals surface area contributed by atoms with Crippen molar-refractivity contribution in [2.45, 2.75) is 27.3 Å². The molecule has 0 bridgehead atoms. The molecule has 0 atom stereocenters. The Kier molecular flexibility index (Phi) is 4.93. The molecule has 3 rings (SSSR count). The molecule has 0 N–H and O–H groups in total. The lowest BCUT2D eigenvalue weighted by Crippen LogP contribution is -2.17. The molecule has 1 heterocycles. The van der Waals surface area contributed by atoms with Crippen molar-refractivity contribution in [1.29, 1.82) is 0 Å². The zero-order chi connectivity index (χ0) is 18.1. The molecule has 25 heavy (non-hydrogen) atoms. The highest BCUT2D eigenvalue weighted by Crippen LogP contribution is 2.27. The van der Waals surface area contributed by atoms with Crippen LogP contribution in [0.2, 0.25) is 5.02 Å². The highest BCUT2D eigenvalue weighted by Gasteiger charge is 2.13. The molecule has 0 aliphatic rings. The maximum absolute atomic E-state index is 12.7. The van der Waals surface area contributed by atoms with Crippen LogP contribution in [-0.2, 0) is 6.54 Å². The van der Waals surface area contributed by atoms with E-state index in [1.165, 1.54) is 11.3 Å². The lowest BCUT2D eigenvalue weighted by Gasteiger charge is -2.06. The molecule has 3 nitrogen and oxygen atoms in total. The van der Waals surface area contributed by atoms with E-state index in [1.54, 1.807) is 6.08 Å². The van der Waals surface area contributed by atoms with Crippen molar-refractivity contribution >= 4 is 39.1 Å². The van der Waals surface area contributed by atoms with Crippen LogP contribution in [0.1, 0.15) is 27.0 Å². The normalized spacial score (nSPS) is 11.9. The van der Waals surface area contributed by atoms with Gasteiger partial charge < -0.3 is 4.57 Å². The van der Waals surface area contributed by atoms with Gasteiger partial charge in [-0.25, -0.2) is 0 Å². The Morgan fingerprint density at radius 1 is 1.28 bits per heavy atom. The number of carbonyl (C=O) groups excluding carboxylic acids is 1. The molecule has 1 aromatic heterocycles. The molecule has 128 valence electrons. The number of hydrogen-bond donors (Lipinski definition) is 0. The molecule has 0 saturated heterocycles. The zero-order valence-corrected chi connectivity index (χ0v) is 16.0. The minimum absolute atomic E-state index is 0.227. The number of rotatable bonds is 3. The molecule has 5 heteroatoms. The van der Waals surface area contributed by atoms with Crippen LogP contribution in [0.4, 0.5) is 0 Å². The summed E-state index contributed by atoms with van der Waals surface area (Å²) in [6.45, 7) is 10.3. The van der Waals surface area contributed by atoms with Gasteiger partial charge in [-0.3, -0.25) is 4.79 Å². The molecule has 0 aliphatic heterocycles. The minimum atomic E-state index is -0.227. The summed E-state index contributed by atoms with van der Waals surface area (Å²) < 4.78 is 3.05. The van der Waals surface area contributed by atoms with Crippen LogP contribution in [0, 0.1) is 20.8 Å². The molecule has 0 fully saturated rings. The topological polar surface area (TPSA) is 34.4 Å². The molecule has 0 saturated carbocycles. The van der Waals surface area contributed by atoms with E-state index < -0.39 is 0 Å². The molecule has 0 unspecified atom stereocenters. The van der Waals surface area contributed by atoms with Crippen LogP contribution in [0.5, 0.6) is 0 Å². The smallest absolute Gasteiger partial charge is 0.279 e. The maximum Gasteiger partial charge on any atom is 0.279 e. The van der Waals surface area contributed by atoms with Crippen LogP contribution in [0.3, 0.4) is 0 Å². The first-order valence-electron chi connectivity index (χ1n) is 7.98. The van der Waals surface area contributed by atoms with E-state index in [-0.39, 0.29) is 5.91 Å². The van der Waals surface area contributed by atoms with Crippen LogP contribution in [-0.4, -0.2) is 10.5 Å². The molecular formula is C20H19ClN2OS. The number of nitrogens with zero attached hydrogens (tertiary/aromatic N) is 2. The second kappa shape index (κ2) is 6.98. The number of halogens is 1. The summed E-state index contributed by atoms with van der Waals surface area (Å²) in [5.41, 5.74) is 4.59. The average Bonchev–Trinajstić information content (AvgIpc) is 2.92. The van der Waals surface area contributed by atoms with Crippen molar-refractivity contribution in [3.63, 3.8) is 0 Å². The highest BCUT2D eigenvalue weighted by atomic mass is 35.5. The fraction of sp³-hybridized carbons (Fsp3) is 0.200. The van der Waals surface area contributed by atoms with Crippen LogP contribution in [0.25, 0.3) is 10.2 Å². The van der Waals surface area contributed by atoms with Crippen LogP contribution >= 0.6 is 22.9 Å². The highest BCUT2D eigenvalue weighted by molar-refractivity contribution is 7.16. The van der Waals surface area contributed by atoms with E-state index in [0.717, 1.165) is 26.9 Å². The molecular weight excluding hydrogens is 352 g/mol. The summed E-state index contributed by atoms with van der Waals surface area (Å²) in [6, 6.07) is 9.68. The van der Waals surface area contributed by atoms with Gasteiger partial charge in [-0.15, -0.1) is 6.58 Å². The van der Waals surface area contributed by atoms with Gasteiger partial charge >= 0.3 is 0 Å². The second-order valence-electron chi connectivity index (χ2n) is 6.04. The predicted octanol–water partition coefficient (Wildman–Crippen LogP) is 5.21. The van der Waals surface area contributed by atoms with Gasteiger partial charge in [0.25, 0.3) is 5.91 Å². The van der Waals surface area contributed by atoms with Gasteiger partial charge in [-0.2, -0.15) is 4.99 Å². The Morgan fingerprint density at radius 2 is 2.04 bits per heavy atom. The number of fused-ring (bicyclic) bond motifs is 1. The second-order valence-corrected chi connectivity index (χ2v) is 7.45. The lowest BCUT2D eigenvalue weighted by atomic mass is 10.1. The minimum Gasteiger partial charge on any atom is -0.312 e. The standard InChI is InChI=1S/C20H19ClN2OS/c1-5-10-23-18-14(4)16(21)8-9-17(18)25-20(23)22-19(24)15-11-12(2)6-7-13(15)3/h5-9,11H,1,10H2,2-4H3. The summed E-state index contributed by atoms with van der Waals surface area (Å²) in [6.07, 6.45) is 1.80. The van der Waals surface area contributed by atoms with Crippen molar-refractivity contribution in [2.24, 2.45) is 4.99 Å². The van der Waals surface area contributed by atoms with Crippen molar-refractivity contribution in [2.75, 3.05) is 0 Å². The van der Waals surface area contributed by atoms with Gasteiger partial charge in [0.2, 0.25) is 0 Å². The molecule has 2 aromatic carbocycles. The number of aromatic nitrogens is 1. The Bertz CT molecular complexity index is 1060. The number of thiazole rings is 1. The molecule has 1 amide bonds. The summed E-state index contributed by atoms with van der Waals surface area (Å²) in [5.74, 6) is -0.227. The third kappa shape index (κ3) is 3.32. The van der Waals surface area contributed by atoms with Crippen molar-refractivity contribution < 1.29 is 4.79 Å². The van der Waals surface area contributed by atoms with E-state index in [2.05, 4.69) is 11.6 Å². The van der Waals surface area contributed by atoms with Crippen LogP contribution in [0.15, 0.2) is 48.0 Å². The largest absolute Gasteiger partial charge is 0.312 e. The Hall–Kier alpha value is -2.17. The first kappa shape index (κ1) is 17.6. The van der Waals surface area contributed by atoms with Crippen molar-refractivity contribution in [3.05, 3.63) is 75.1 Å². The summed E-state index contributed by atoms with van der Waals surface area (Å²) in [5, 5.41) is 0.704. The SMILES string of the molecule is C=CCn1c(=NC(=O)c2cc(C)ccc2C)sc2ccc(Cl)c(C)c21. The molecule has 0 aliphatic carbocycles. The first-order chi connectivity index (χ1) is 11.9. The quantitative estimate of drug-likeness (QED) is 0.583. The molecule has 3 aromatic rings. The zero-order valence-electron chi connectivity index (χ0n) is 14.5. The van der Waals surface area contributed by atoms with E-state index in [1.807, 2.05) is 55.7 Å². The lowest BCUT2D eigenvalue weighted by molar-refractivity contribution is 0.0997. The third-order valence-corrected chi connectivity index (χ3v) is 5.62. The molecule has 0 spiro atoms. The first-order valence-corrected chi connectivity index (χ1v) is 9.17. The van der Waals surface area contributed by atoms with E-state index >= 15 is 0 Å². The number of amides is 1. The number of benzene rings is 2.